The predicted molar refractivity (Wildman–Crippen MR) is 75.6 cm³/mol. The second-order valence-corrected chi connectivity index (χ2v) is 5.26. The van der Waals surface area contributed by atoms with Crippen LogP contribution in [0.25, 0.3) is 0 Å². The SMILES string of the molecule is Cc1cc(F)cc(NC(C)(CO)c2ccc(F)c(F)c2)c1. The van der Waals surface area contributed by atoms with Gasteiger partial charge in [-0.1, -0.05) is 6.07 Å². The maximum Gasteiger partial charge on any atom is 0.159 e. The average Bonchev–Trinajstić information content (AvgIpc) is 2.40. The van der Waals surface area contributed by atoms with Crippen molar-refractivity contribution in [2.75, 3.05) is 11.9 Å². The highest BCUT2D eigenvalue weighted by Crippen LogP contribution is 2.28. The molecule has 0 radical (unpaired) electrons. The first kappa shape index (κ1) is 15.4. The summed E-state index contributed by atoms with van der Waals surface area (Å²) in [4.78, 5) is 0. The summed E-state index contributed by atoms with van der Waals surface area (Å²) in [6.45, 7) is 3.00. The number of aliphatic hydroxyl groups is 1. The van der Waals surface area contributed by atoms with Gasteiger partial charge in [0.05, 0.1) is 12.1 Å². The van der Waals surface area contributed by atoms with Gasteiger partial charge in [-0.3, -0.25) is 0 Å². The minimum absolute atomic E-state index is 0.366. The maximum atomic E-state index is 13.4. The van der Waals surface area contributed by atoms with Crippen molar-refractivity contribution in [1.82, 2.24) is 0 Å². The quantitative estimate of drug-likeness (QED) is 0.900. The fourth-order valence-corrected chi connectivity index (χ4v) is 2.17. The van der Waals surface area contributed by atoms with Gasteiger partial charge in [0, 0.05) is 5.69 Å². The van der Waals surface area contributed by atoms with E-state index in [-0.39, 0.29) is 6.61 Å². The molecule has 0 bridgehead atoms. The third kappa shape index (κ3) is 3.36. The molecule has 0 aliphatic rings. The minimum atomic E-state index is -1.06. The fourth-order valence-electron chi connectivity index (χ4n) is 2.17. The Balaban J connectivity index is 2.38. The summed E-state index contributed by atoms with van der Waals surface area (Å²) in [5, 5.41) is 12.6. The van der Waals surface area contributed by atoms with Gasteiger partial charge in [-0.25, -0.2) is 13.2 Å². The van der Waals surface area contributed by atoms with Crippen molar-refractivity contribution in [2.24, 2.45) is 0 Å². The molecule has 0 saturated carbocycles. The van der Waals surface area contributed by atoms with Crippen molar-refractivity contribution in [3.8, 4) is 0 Å². The molecule has 0 fully saturated rings. The molecule has 0 heterocycles. The topological polar surface area (TPSA) is 32.3 Å². The van der Waals surface area contributed by atoms with Crippen molar-refractivity contribution in [1.29, 1.82) is 0 Å². The van der Waals surface area contributed by atoms with Gasteiger partial charge < -0.3 is 10.4 Å². The van der Waals surface area contributed by atoms with Gasteiger partial charge in [0.2, 0.25) is 0 Å². The third-order valence-corrected chi connectivity index (χ3v) is 3.34. The molecule has 5 heteroatoms. The number of rotatable bonds is 4. The van der Waals surface area contributed by atoms with E-state index in [1.54, 1.807) is 19.9 Å². The second-order valence-electron chi connectivity index (χ2n) is 5.26. The van der Waals surface area contributed by atoms with Gasteiger partial charge in [0.25, 0.3) is 0 Å². The Kier molecular flexibility index (Phi) is 4.23. The molecule has 0 saturated heterocycles. The Hall–Kier alpha value is -2.01. The lowest BCUT2D eigenvalue weighted by molar-refractivity contribution is 0.223. The van der Waals surface area contributed by atoms with Gasteiger partial charge in [-0.2, -0.15) is 0 Å². The first-order valence-electron chi connectivity index (χ1n) is 6.46. The lowest BCUT2D eigenvalue weighted by atomic mass is 9.92. The summed E-state index contributed by atoms with van der Waals surface area (Å²) in [7, 11) is 0. The van der Waals surface area contributed by atoms with Crippen LogP contribution in [-0.2, 0) is 5.54 Å². The Morgan fingerprint density at radius 3 is 2.33 bits per heavy atom. The normalized spacial score (nSPS) is 13.8. The van der Waals surface area contributed by atoms with Crippen LogP contribution in [0.5, 0.6) is 0 Å². The van der Waals surface area contributed by atoms with Crippen LogP contribution in [0.15, 0.2) is 36.4 Å². The van der Waals surface area contributed by atoms with Crippen LogP contribution in [0.1, 0.15) is 18.1 Å². The summed E-state index contributed by atoms with van der Waals surface area (Å²) < 4.78 is 39.8. The molecule has 0 aromatic heterocycles. The van der Waals surface area contributed by atoms with E-state index in [4.69, 9.17) is 0 Å². The molecule has 1 atom stereocenters. The lowest BCUT2D eigenvalue weighted by Gasteiger charge is -2.31. The molecular weight excluding hydrogens is 279 g/mol. The molecule has 0 aliphatic carbocycles. The Morgan fingerprint density at radius 1 is 1.05 bits per heavy atom. The van der Waals surface area contributed by atoms with Gasteiger partial charge in [-0.15, -0.1) is 0 Å². The summed E-state index contributed by atoms with van der Waals surface area (Å²) in [6, 6.07) is 7.76. The number of anilines is 1. The van der Waals surface area contributed by atoms with Crippen molar-refractivity contribution in [3.63, 3.8) is 0 Å². The van der Waals surface area contributed by atoms with Gasteiger partial charge in [0.15, 0.2) is 11.6 Å². The molecule has 2 rings (SSSR count). The number of halogens is 3. The Morgan fingerprint density at radius 2 is 1.76 bits per heavy atom. The highest BCUT2D eigenvalue weighted by atomic mass is 19.2. The van der Waals surface area contributed by atoms with Crippen molar-refractivity contribution in [2.45, 2.75) is 19.4 Å². The minimum Gasteiger partial charge on any atom is -0.394 e. The molecular formula is C16H16F3NO. The Labute approximate surface area is 121 Å². The van der Waals surface area contributed by atoms with Crippen LogP contribution in [0.2, 0.25) is 0 Å². The van der Waals surface area contributed by atoms with E-state index >= 15 is 0 Å². The van der Waals surface area contributed by atoms with E-state index < -0.39 is 23.0 Å². The highest BCUT2D eigenvalue weighted by Gasteiger charge is 2.27. The molecule has 21 heavy (non-hydrogen) atoms. The van der Waals surface area contributed by atoms with Gasteiger partial charge in [-0.05, 0) is 55.3 Å². The molecule has 0 amide bonds. The monoisotopic (exact) mass is 295 g/mol. The van der Waals surface area contributed by atoms with Crippen LogP contribution >= 0.6 is 0 Å². The molecule has 1 unspecified atom stereocenters. The zero-order valence-electron chi connectivity index (χ0n) is 11.8. The van der Waals surface area contributed by atoms with Crippen LogP contribution in [0, 0.1) is 24.4 Å². The Bertz CT molecular complexity index is 640. The first-order chi connectivity index (χ1) is 9.84. The lowest BCUT2D eigenvalue weighted by Crippen LogP contribution is -2.36. The average molecular weight is 295 g/mol. The third-order valence-electron chi connectivity index (χ3n) is 3.34. The number of aliphatic hydroxyl groups excluding tert-OH is 1. The van der Waals surface area contributed by atoms with Crippen LogP contribution in [0.4, 0.5) is 18.9 Å². The van der Waals surface area contributed by atoms with E-state index in [1.165, 1.54) is 18.2 Å². The molecule has 112 valence electrons. The van der Waals surface area contributed by atoms with E-state index in [1.807, 2.05) is 0 Å². The number of hydrogen-bond acceptors (Lipinski definition) is 2. The number of aryl methyl sites for hydroxylation is 1. The molecule has 2 aromatic rings. The van der Waals surface area contributed by atoms with Crippen molar-refractivity contribution in [3.05, 3.63) is 65.0 Å². The van der Waals surface area contributed by atoms with E-state index in [2.05, 4.69) is 5.32 Å². The largest absolute Gasteiger partial charge is 0.394 e. The van der Waals surface area contributed by atoms with Gasteiger partial charge in [0.1, 0.15) is 5.82 Å². The molecule has 0 spiro atoms. The maximum absolute atomic E-state index is 13.4. The first-order valence-corrected chi connectivity index (χ1v) is 6.46. The van der Waals surface area contributed by atoms with Crippen LogP contribution in [-0.4, -0.2) is 11.7 Å². The summed E-state index contributed by atoms with van der Waals surface area (Å²) >= 11 is 0. The smallest absolute Gasteiger partial charge is 0.159 e. The van der Waals surface area contributed by atoms with Crippen LogP contribution in [0.3, 0.4) is 0 Å². The summed E-state index contributed by atoms with van der Waals surface area (Å²) in [5.74, 6) is -2.37. The number of hydrogen-bond donors (Lipinski definition) is 2. The number of nitrogens with one attached hydrogen (secondary N) is 1. The molecule has 0 aliphatic heterocycles. The zero-order chi connectivity index (χ0) is 15.6. The van der Waals surface area contributed by atoms with Crippen LogP contribution < -0.4 is 5.32 Å². The summed E-state index contributed by atoms with van der Waals surface area (Å²) in [6.07, 6.45) is 0. The molecule has 2 nitrogen and oxygen atoms in total. The van der Waals surface area contributed by atoms with Crippen molar-refractivity contribution < 1.29 is 18.3 Å². The number of benzene rings is 2. The molecule has 2 N–H and O–H groups in total. The van der Waals surface area contributed by atoms with E-state index in [9.17, 15) is 18.3 Å². The highest BCUT2D eigenvalue weighted by molar-refractivity contribution is 5.50. The van der Waals surface area contributed by atoms with E-state index in [0.29, 0.717) is 16.8 Å². The van der Waals surface area contributed by atoms with Crippen molar-refractivity contribution >= 4 is 5.69 Å². The van der Waals surface area contributed by atoms with E-state index in [0.717, 1.165) is 12.1 Å². The standard InChI is InChI=1S/C16H16F3NO/c1-10-5-12(17)8-13(6-10)20-16(2,9-21)11-3-4-14(18)15(19)7-11/h3-8,20-21H,9H2,1-2H3. The second kappa shape index (κ2) is 5.77. The predicted octanol–water partition coefficient (Wildman–Crippen LogP) is 3.73. The fraction of sp³-hybridized carbons (Fsp3) is 0.250. The summed E-state index contributed by atoms with van der Waals surface area (Å²) in [5.41, 5.74) is 0.470. The molecule has 2 aromatic carbocycles. The zero-order valence-corrected chi connectivity index (χ0v) is 11.8. The van der Waals surface area contributed by atoms with Gasteiger partial charge >= 0.3 is 0 Å².